The summed E-state index contributed by atoms with van der Waals surface area (Å²) in [7, 11) is 0. The second kappa shape index (κ2) is 8.02. The lowest BCUT2D eigenvalue weighted by Crippen LogP contribution is -2.45. The summed E-state index contributed by atoms with van der Waals surface area (Å²) in [5.41, 5.74) is 7.09. The van der Waals surface area contributed by atoms with Crippen molar-refractivity contribution in [3.05, 3.63) is 48.4 Å². The van der Waals surface area contributed by atoms with Gasteiger partial charge in [-0.2, -0.15) is 0 Å². The molecule has 0 spiro atoms. The number of likely N-dealkylation sites (tertiary alicyclic amines) is 1. The van der Waals surface area contributed by atoms with Crippen LogP contribution in [0.3, 0.4) is 0 Å². The first-order chi connectivity index (χ1) is 13.2. The lowest BCUT2D eigenvalue weighted by Gasteiger charge is -2.34. The third-order valence-corrected chi connectivity index (χ3v) is 5.32. The minimum atomic E-state index is -0.0115. The van der Waals surface area contributed by atoms with Crippen LogP contribution in [-0.2, 0) is 4.79 Å². The number of hydrogen-bond donors (Lipinski definition) is 2. The van der Waals surface area contributed by atoms with Crippen LogP contribution in [0, 0.1) is 5.92 Å². The van der Waals surface area contributed by atoms with Crippen molar-refractivity contribution in [3.8, 4) is 11.6 Å². The van der Waals surface area contributed by atoms with Gasteiger partial charge in [0.25, 0.3) is 0 Å². The maximum absolute atomic E-state index is 12.9. The number of benzene rings is 1. The van der Waals surface area contributed by atoms with Gasteiger partial charge in [-0.15, -0.1) is 0 Å². The van der Waals surface area contributed by atoms with Crippen molar-refractivity contribution >= 4 is 5.91 Å². The Morgan fingerprint density at radius 2 is 2.11 bits per heavy atom. The second-order valence-corrected chi connectivity index (χ2v) is 7.24. The molecule has 2 fully saturated rings. The van der Waals surface area contributed by atoms with Gasteiger partial charge in [-0.05, 0) is 31.9 Å². The highest BCUT2D eigenvalue weighted by molar-refractivity contribution is 5.80. The fourth-order valence-electron chi connectivity index (χ4n) is 3.78. The van der Waals surface area contributed by atoms with Gasteiger partial charge in [0.15, 0.2) is 0 Å². The minimum Gasteiger partial charge on any atom is -0.437 e. The molecular weight excluding hydrogens is 342 g/mol. The number of carbonyl (C=O) groups is 1. The van der Waals surface area contributed by atoms with Gasteiger partial charge in [-0.3, -0.25) is 20.6 Å². The van der Waals surface area contributed by atoms with Crippen LogP contribution >= 0.6 is 0 Å². The normalized spacial score (nSPS) is 25.4. The number of hydrogen-bond acceptors (Lipinski definition) is 6. The Morgan fingerprint density at radius 3 is 2.89 bits per heavy atom. The molecule has 7 nitrogen and oxygen atoms in total. The molecule has 3 unspecified atom stereocenters. The van der Waals surface area contributed by atoms with Crippen molar-refractivity contribution in [3.63, 3.8) is 0 Å². The highest BCUT2D eigenvalue weighted by Gasteiger charge is 2.35. The summed E-state index contributed by atoms with van der Waals surface area (Å²) < 4.78 is 5.81. The summed E-state index contributed by atoms with van der Waals surface area (Å²) in [5.74, 6) is 1.61. The Bertz CT molecular complexity index is 785. The van der Waals surface area contributed by atoms with Crippen LogP contribution in [0.2, 0.25) is 0 Å². The van der Waals surface area contributed by atoms with E-state index >= 15 is 0 Å². The summed E-state index contributed by atoms with van der Waals surface area (Å²) in [5, 5.41) is 0. The molecule has 0 bridgehead atoms. The summed E-state index contributed by atoms with van der Waals surface area (Å²) >= 11 is 0. The van der Waals surface area contributed by atoms with Crippen LogP contribution in [0.1, 0.15) is 31.4 Å². The van der Waals surface area contributed by atoms with E-state index < -0.39 is 0 Å². The predicted molar refractivity (Wildman–Crippen MR) is 101 cm³/mol. The summed E-state index contributed by atoms with van der Waals surface area (Å²) in [6.45, 7) is 4.22. The van der Waals surface area contributed by atoms with Crippen molar-refractivity contribution in [1.29, 1.82) is 0 Å². The molecule has 7 heteroatoms. The van der Waals surface area contributed by atoms with Gasteiger partial charge >= 0.3 is 0 Å². The molecule has 1 aromatic heterocycles. The summed E-state index contributed by atoms with van der Waals surface area (Å²) in [6.07, 6.45) is 5.39. The standard InChI is InChI=1S/C20H25N5O2/c1-14-17(10-22-24-14)20(26)25-9-5-6-15(13-25)18-11-21-12-19(23-18)27-16-7-3-2-4-8-16/h2-4,7-8,11-12,14-15,17,22,24H,5-6,9-10,13H2,1H3. The maximum Gasteiger partial charge on any atom is 0.238 e. The number of ether oxygens (including phenoxy) is 1. The molecule has 2 aliphatic rings. The Kier molecular flexibility index (Phi) is 5.31. The highest BCUT2D eigenvalue weighted by atomic mass is 16.5. The van der Waals surface area contributed by atoms with E-state index in [9.17, 15) is 4.79 Å². The van der Waals surface area contributed by atoms with Crippen LogP contribution in [-0.4, -0.2) is 46.5 Å². The number of hydrazine groups is 1. The Balaban J connectivity index is 1.45. The molecule has 4 rings (SSSR count). The average molecular weight is 367 g/mol. The monoisotopic (exact) mass is 367 g/mol. The van der Waals surface area contributed by atoms with Gasteiger partial charge < -0.3 is 9.64 Å². The van der Waals surface area contributed by atoms with Crippen molar-refractivity contribution in [2.75, 3.05) is 19.6 Å². The SMILES string of the molecule is CC1NNCC1C(=O)N1CCCC(c2cncc(Oc3ccccc3)n2)C1. The van der Waals surface area contributed by atoms with Crippen molar-refractivity contribution in [2.45, 2.75) is 31.7 Å². The lowest BCUT2D eigenvalue weighted by molar-refractivity contribution is -0.136. The Morgan fingerprint density at radius 1 is 1.26 bits per heavy atom. The average Bonchev–Trinajstić information content (AvgIpc) is 3.14. The number of carbonyl (C=O) groups excluding carboxylic acids is 1. The first-order valence-corrected chi connectivity index (χ1v) is 9.53. The molecule has 3 heterocycles. The molecule has 2 saturated heterocycles. The molecule has 2 aliphatic heterocycles. The molecular formula is C20H25N5O2. The minimum absolute atomic E-state index is 0.0115. The third kappa shape index (κ3) is 4.09. The zero-order valence-corrected chi connectivity index (χ0v) is 15.5. The largest absolute Gasteiger partial charge is 0.437 e. The zero-order valence-electron chi connectivity index (χ0n) is 15.5. The second-order valence-electron chi connectivity index (χ2n) is 7.24. The van der Waals surface area contributed by atoms with Crippen LogP contribution in [0.5, 0.6) is 11.6 Å². The smallest absolute Gasteiger partial charge is 0.238 e. The predicted octanol–water partition coefficient (Wildman–Crippen LogP) is 2.09. The van der Waals surface area contributed by atoms with E-state index in [1.807, 2.05) is 42.2 Å². The number of amides is 1. The van der Waals surface area contributed by atoms with Crippen LogP contribution in [0.25, 0.3) is 0 Å². The molecule has 142 valence electrons. The summed E-state index contributed by atoms with van der Waals surface area (Å²) in [6, 6.07) is 9.72. The Hall–Kier alpha value is -2.51. The van der Waals surface area contributed by atoms with Crippen molar-refractivity contribution in [2.24, 2.45) is 5.92 Å². The topological polar surface area (TPSA) is 79.4 Å². The highest BCUT2D eigenvalue weighted by Crippen LogP contribution is 2.28. The van der Waals surface area contributed by atoms with Crippen molar-refractivity contribution in [1.82, 2.24) is 25.7 Å². The van der Waals surface area contributed by atoms with Gasteiger partial charge in [-0.1, -0.05) is 18.2 Å². The molecule has 3 atom stereocenters. The molecule has 1 amide bonds. The van der Waals surface area contributed by atoms with Crippen LogP contribution in [0.15, 0.2) is 42.7 Å². The van der Waals surface area contributed by atoms with Crippen LogP contribution < -0.4 is 15.6 Å². The number of nitrogens with zero attached hydrogens (tertiary/aromatic N) is 3. The van der Waals surface area contributed by atoms with Gasteiger partial charge in [0, 0.05) is 37.8 Å². The fraction of sp³-hybridized carbons (Fsp3) is 0.450. The number of piperidine rings is 1. The van der Waals surface area contributed by atoms with E-state index in [4.69, 9.17) is 4.74 Å². The van der Waals surface area contributed by atoms with Crippen LogP contribution in [0.4, 0.5) is 0 Å². The van der Waals surface area contributed by atoms with Gasteiger partial charge in [-0.25, -0.2) is 4.98 Å². The van der Waals surface area contributed by atoms with E-state index in [1.165, 1.54) is 0 Å². The van der Waals surface area contributed by atoms with E-state index in [1.54, 1.807) is 12.4 Å². The molecule has 1 aromatic carbocycles. The molecule has 2 N–H and O–H groups in total. The molecule has 0 saturated carbocycles. The number of nitrogens with one attached hydrogen (secondary N) is 2. The van der Waals surface area contributed by atoms with Gasteiger partial charge in [0.1, 0.15) is 5.75 Å². The zero-order chi connectivity index (χ0) is 18.6. The molecule has 0 radical (unpaired) electrons. The first kappa shape index (κ1) is 17.9. The lowest BCUT2D eigenvalue weighted by atomic mass is 9.93. The Labute approximate surface area is 159 Å². The first-order valence-electron chi connectivity index (χ1n) is 9.53. The van der Waals surface area contributed by atoms with E-state index in [2.05, 4.69) is 20.8 Å². The number of para-hydroxylation sites is 1. The summed E-state index contributed by atoms with van der Waals surface area (Å²) in [4.78, 5) is 23.8. The van der Waals surface area contributed by atoms with E-state index in [0.29, 0.717) is 19.0 Å². The molecule has 0 aliphatic carbocycles. The third-order valence-electron chi connectivity index (χ3n) is 5.32. The van der Waals surface area contributed by atoms with Crippen molar-refractivity contribution < 1.29 is 9.53 Å². The van der Waals surface area contributed by atoms with Gasteiger partial charge in [0.2, 0.25) is 11.8 Å². The van der Waals surface area contributed by atoms with E-state index in [-0.39, 0.29) is 23.8 Å². The molecule has 27 heavy (non-hydrogen) atoms. The fourth-order valence-corrected chi connectivity index (χ4v) is 3.78. The molecule has 2 aromatic rings. The van der Waals surface area contributed by atoms with E-state index in [0.717, 1.165) is 30.8 Å². The maximum atomic E-state index is 12.9. The number of rotatable bonds is 4. The quantitative estimate of drug-likeness (QED) is 0.861. The van der Waals surface area contributed by atoms with Gasteiger partial charge in [0.05, 0.1) is 17.8 Å². The number of aromatic nitrogens is 2.